The molecule has 3 rings (SSSR count). The number of benzene rings is 1. The highest BCUT2D eigenvalue weighted by molar-refractivity contribution is 5.74. The van der Waals surface area contributed by atoms with E-state index < -0.39 is 23.5 Å². The topological polar surface area (TPSA) is 29.9 Å². The zero-order chi connectivity index (χ0) is 24.2. The van der Waals surface area contributed by atoms with Crippen LogP contribution < -0.4 is 5.32 Å². The smallest absolute Gasteiger partial charge is 0.304 e. The third-order valence-corrected chi connectivity index (χ3v) is 5.31. The van der Waals surface area contributed by atoms with Crippen molar-refractivity contribution < 1.29 is 26.3 Å². The lowest BCUT2D eigenvalue weighted by molar-refractivity contribution is -0.137. The van der Waals surface area contributed by atoms with E-state index in [4.69, 9.17) is 0 Å². The Morgan fingerprint density at radius 2 is 1.94 bits per heavy atom. The number of hydrogen-bond donors (Lipinski definition) is 1. The van der Waals surface area contributed by atoms with Crippen LogP contribution in [0.5, 0.6) is 0 Å². The van der Waals surface area contributed by atoms with Crippen LogP contribution in [0.3, 0.4) is 0 Å². The van der Waals surface area contributed by atoms with Crippen LogP contribution >= 0.6 is 0 Å². The van der Waals surface area contributed by atoms with Crippen molar-refractivity contribution in [2.45, 2.75) is 58.2 Å². The fourth-order valence-electron chi connectivity index (χ4n) is 3.77. The molecule has 33 heavy (non-hydrogen) atoms. The minimum atomic E-state index is -4.47. The summed E-state index contributed by atoms with van der Waals surface area (Å²) in [6, 6.07) is 6.69. The standard InChI is InChI=1S/C24H25F6N3/c1-3-6-17(13-18(7-4-2)23(25,26)27)21-14-22-20(10-11-33(22)32-21)31-15-16-8-5-9-19(12-16)24(28,29)30/h3,5-9,12-14,20,31H,4,10-11,15H2,1-2H3/b6-3-,17-13+,18-7-. The maximum atomic E-state index is 13.4. The third-order valence-electron chi connectivity index (χ3n) is 5.31. The predicted octanol–water partition coefficient (Wildman–Crippen LogP) is 6.99. The van der Waals surface area contributed by atoms with E-state index in [1.54, 1.807) is 42.8 Å². The minimum Gasteiger partial charge on any atom is -0.304 e. The summed E-state index contributed by atoms with van der Waals surface area (Å²) < 4.78 is 80.7. The van der Waals surface area contributed by atoms with Crippen LogP contribution in [0.2, 0.25) is 0 Å². The summed E-state index contributed by atoms with van der Waals surface area (Å²) in [4.78, 5) is 0. The van der Waals surface area contributed by atoms with E-state index in [1.165, 1.54) is 6.07 Å². The molecule has 0 fully saturated rings. The SMILES string of the molecule is C\C=C/C(=C\C(=C\CC)C(F)(F)F)c1cc2n(n1)CCC2NCc1cccc(C(F)(F)F)c1. The summed E-state index contributed by atoms with van der Waals surface area (Å²) >= 11 is 0. The van der Waals surface area contributed by atoms with E-state index in [2.05, 4.69) is 10.4 Å². The van der Waals surface area contributed by atoms with Gasteiger partial charge in [-0.15, -0.1) is 0 Å². The molecule has 2 aromatic rings. The summed E-state index contributed by atoms with van der Waals surface area (Å²) in [6.45, 7) is 4.15. The van der Waals surface area contributed by atoms with Gasteiger partial charge in [0, 0.05) is 18.7 Å². The lowest BCUT2D eigenvalue weighted by Crippen LogP contribution is -2.19. The molecule has 2 heterocycles. The molecule has 0 radical (unpaired) electrons. The molecule has 9 heteroatoms. The Kier molecular flexibility index (Phi) is 7.51. The van der Waals surface area contributed by atoms with Gasteiger partial charge in [0.15, 0.2) is 0 Å². The normalized spacial score (nSPS) is 17.8. The molecule has 1 aromatic heterocycles. The Hall–Kier alpha value is -2.81. The van der Waals surface area contributed by atoms with E-state index in [1.807, 2.05) is 0 Å². The number of nitrogens with one attached hydrogen (secondary N) is 1. The van der Waals surface area contributed by atoms with E-state index in [0.29, 0.717) is 29.8 Å². The average Bonchev–Trinajstić information content (AvgIpc) is 3.31. The maximum Gasteiger partial charge on any atom is 0.416 e. The van der Waals surface area contributed by atoms with E-state index in [0.717, 1.165) is 30.0 Å². The van der Waals surface area contributed by atoms with E-state index in [9.17, 15) is 26.3 Å². The molecular weight excluding hydrogens is 444 g/mol. The molecular formula is C24H25F6N3. The second-order valence-corrected chi connectivity index (χ2v) is 7.76. The van der Waals surface area contributed by atoms with Gasteiger partial charge in [-0.3, -0.25) is 4.68 Å². The van der Waals surface area contributed by atoms with Crippen LogP contribution in [0.4, 0.5) is 26.3 Å². The molecule has 0 saturated heterocycles. The number of halogens is 6. The summed E-state index contributed by atoms with van der Waals surface area (Å²) in [7, 11) is 0. The lowest BCUT2D eigenvalue weighted by atomic mass is 10.0. The average molecular weight is 469 g/mol. The number of nitrogens with zero attached hydrogens (tertiary/aromatic N) is 2. The molecule has 3 nitrogen and oxygen atoms in total. The zero-order valence-electron chi connectivity index (χ0n) is 18.3. The van der Waals surface area contributed by atoms with Gasteiger partial charge in [0.2, 0.25) is 0 Å². The number of fused-ring (bicyclic) bond motifs is 1. The Balaban J connectivity index is 1.81. The van der Waals surface area contributed by atoms with Crippen LogP contribution in [-0.4, -0.2) is 16.0 Å². The first-order valence-corrected chi connectivity index (χ1v) is 10.6. The second kappa shape index (κ2) is 9.99. The van der Waals surface area contributed by atoms with Crippen LogP contribution in [0.1, 0.15) is 55.2 Å². The van der Waals surface area contributed by atoms with Gasteiger partial charge in [0.05, 0.1) is 28.6 Å². The highest BCUT2D eigenvalue weighted by Crippen LogP contribution is 2.33. The van der Waals surface area contributed by atoms with E-state index >= 15 is 0 Å². The summed E-state index contributed by atoms with van der Waals surface area (Å²) in [6.07, 6.45) is -2.49. The van der Waals surface area contributed by atoms with Crippen molar-refractivity contribution in [3.8, 4) is 0 Å². The maximum absolute atomic E-state index is 13.4. The third kappa shape index (κ3) is 6.16. The van der Waals surface area contributed by atoms with Gasteiger partial charge in [-0.1, -0.05) is 43.4 Å². The van der Waals surface area contributed by atoms with Gasteiger partial charge in [0.25, 0.3) is 0 Å². The predicted molar refractivity (Wildman–Crippen MR) is 115 cm³/mol. The molecule has 178 valence electrons. The van der Waals surface area contributed by atoms with Gasteiger partial charge >= 0.3 is 12.4 Å². The Morgan fingerprint density at radius 1 is 1.18 bits per heavy atom. The van der Waals surface area contributed by atoms with Crippen molar-refractivity contribution in [3.63, 3.8) is 0 Å². The summed E-state index contributed by atoms with van der Waals surface area (Å²) in [5, 5.41) is 7.72. The van der Waals surface area contributed by atoms with Crippen molar-refractivity contribution in [2.24, 2.45) is 0 Å². The molecule has 0 bridgehead atoms. The molecule has 0 saturated carbocycles. The molecule has 1 N–H and O–H groups in total. The molecule has 1 aliphatic heterocycles. The Bertz CT molecular complexity index is 1060. The number of hydrogen-bond acceptors (Lipinski definition) is 2. The largest absolute Gasteiger partial charge is 0.416 e. The van der Waals surface area contributed by atoms with Crippen molar-refractivity contribution in [2.75, 3.05) is 0 Å². The Labute approximate surface area is 188 Å². The van der Waals surface area contributed by atoms with Crippen molar-refractivity contribution in [3.05, 3.63) is 82.7 Å². The van der Waals surface area contributed by atoms with E-state index in [-0.39, 0.29) is 19.0 Å². The first-order chi connectivity index (χ1) is 15.5. The van der Waals surface area contributed by atoms with Crippen LogP contribution in [-0.2, 0) is 19.3 Å². The van der Waals surface area contributed by atoms with Gasteiger partial charge in [-0.05, 0) is 43.5 Å². The summed E-state index contributed by atoms with van der Waals surface area (Å²) in [5.74, 6) is 0. The molecule has 1 atom stereocenters. The molecule has 1 aromatic carbocycles. The monoisotopic (exact) mass is 469 g/mol. The molecule has 1 unspecified atom stereocenters. The van der Waals surface area contributed by atoms with Gasteiger partial charge < -0.3 is 5.32 Å². The first-order valence-electron chi connectivity index (χ1n) is 10.6. The molecule has 1 aliphatic rings. The number of allylic oxidation sites excluding steroid dienone is 6. The minimum absolute atomic E-state index is 0.166. The second-order valence-electron chi connectivity index (χ2n) is 7.76. The number of rotatable bonds is 7. The van der Waals surface area contributed by atoms with Crippen molar-refractivity contribution in [1.29, 1.82) is 0 Å². The molecule has 0 amide bonds. The fraction of sp³-hybridized carbons (Fsp3) is 0.375. The summed E-state index contributed by atoms with van der Waals surface area (Å²) in [5.41, 5.74) is 0.609. The zero-order valence-corrected chi connectivity index (χ0v) is 18.3. The van der Waals surface area contributed by atoms with Crippen LogP contribution in [0, 0.1) is 0 Å². The highest BCUT2D eigenvalue weighted by Gasteiger charge is 2.33. The quantitative estimate of drug-likeness (QED) is 0.350. The Morgan fingerprint density at radius 3 is 2.58 bits per heavy atom. The van der Waals surface area contributed by atoms with Crippen LogP contribution in [0.15, 0.2) is 60.2 Å². The molecule has 0 spiro atoms. The fourth-order valence-corrected chi connectivity index (χ4v) is 3.77. The van der Waals surface area contributed by atoms with Gasteiger partial charge in [-0.25, -0.2) is 0 Å². The lowest BCUT2D eigenvalue weighted by Gasteiger charge is -2.13. The van der Waals surface area contributed by atoms with Gasteiger partial charge in [0.1, 0.15) is 0 Å². The molecule has 0 aliphatic carbocycles. The van der Waals surface area contributed by atoms with Crippen LogP contribution in [0.25, 0.3) is 5.57 Å². The highest BCUT2D eigenvalue weighted by atomic mass is 19.4. The number of aryl methyl sites for hydroxylation is 1. The first kappa shape index (κ1) is 24.8. The number of alkyl halides is 6. The van der Waals surface area contributed by atoms with Crippen molar-refractivity contribution in [1.82, 2.24) is 15.1 Å². The number of aromatic nitrogens is 2. The van der Waals surface area contributed by atoms with Crippen molar-refractivity contribution >= 4 is 5.57 Å². The van der Waals surface area contributed by atoms with Gasteiger partial charge in [-0.2, -0.15) is 31.4 Å².